The molecule has 0 spiro atoms. The molecule has 0 aliphatic carbocycles. The van der Waals surface area contributed by atoms with E-state index < -0.39 is 34.5 Å². The van der Waals surface area contributed by atoms with Crippen molar-refractivity contribution in [3.63, 3.8) is 0 Å². The van der Waals surface area contributed by atoms with Gasteiger partial charge in [0.15, 0.2) is 5.41 Å². The molecule has 2 heterocycles. The number of hydrogen-bond acceptors (Lipinski definition) is 7. The highest BCUT2D eigenvalue weighted by Crippen LogP contribution is 2.66. The Balaban J connectivity index is 2.36. The Morgan fingerprint density at radius 1 is 1.16 bits per heavy atom. The van der Waals surface area contributed by atoms with Crippen LogP contribution in [-0.2, 0) is 9.47 Å². The summed E-state index contributed by atoms with van der Waals surface area (Å²) in [5.41, 5.74) is -3.23. The van der Waals surface area contributed by atoms with Gasteiger partial charge in [-0.15, -0.1) is 0 Å². The van der Waals surface area contributed by atoms with E-state index in [4.69, 9.17) is 19.6 Å². The molecule has 7 nitrogen and oxygen atoms in total. The Bertz CT molecular complexity index is 864. The molecule has 4 unspecified atom stereocenters. The Kier molecular flexibility index (Phi) is 3.49. The fourth-order valence-electron chi connectivity index (χ4n) is 3.87. The number of nitrogens with one attached hydrogen (secondary N) is 1. The molecule has 1 aromatic carbocycles. The number of nitriles is 3. The topological polar surface area (TPSA) is 123 Å². The Morgan fingerprint density at radius 3 is 2.36 bits per heavy atom. The van der Waals surface area contributed by atoms with Gasteiger partial charge in [-0.3, -0.25) is 5.41 Å². The van der Waals surface area contributed by atoms with Crippen LogP contribution in [-0.4, -0.2) is 18.8 Å². The van der Waals surface area contributed by atoms with E-state index in [1.807, 2.05) is 18.2 Å². The smallest absolute Gasteiger partial charge is 0.214 e. The van der Waals surface area contributed by atoms with Gasteiger partial charge in [-0.25, -0.2) is 0 Å². The summed E-state index contributed by atoms with van der Waals surface area (Å²) in [5, 5.41) is 38.1. The summed E-state index contributed by atoms with van der Waals surface area (Å²) in [7, 11) is 1.47. The maximum atomic E-state index is 9.98. The van der Waals surface area contributed by atoms with E-state index in [9.17, 15) is 15.8 Å². The van der Waals surface area contributed by atoms with Gasteiger partial charge >= 0.3 is 0 Å². The van der Waals surface area contributed by atoms with Crippen LogP contribution in [0.4, 0.5) is 0 Å². The summed E-state index contributed by atoms with van der Waals surface area (Å²) in [6.07, 6.45) is -1.11. The molecular weight excluding hydrogens is 320 g/mol. The van der Waals surface area contributed by atoms with Crippen LogP contribution in [0.15, 0.2) is 24.3 Å². The number of hydrogen-bond donors (Lipinski definition) is 1. The van der Waals surface area contributed by atoms with Gasteiger partial charge in [-0.2, -0.15) is 15.8 Å². The van der Waals surface area contributed by atoms with Crippen molar-refractivity contribution in [2.75, 3.05) is 7.11 Å². The molecule has 7 heteroatoms. The molecule has 1 aromatic rings. The van der Waals surface area contributed by atoms with Crippen LogP contribution in [0, 0.1) is 56.2 Å². The molecule has 2 bridgehead atoms. The first-order valence-electron chi connectivity index (χ1n) is 7.69. The van der Waals surface area contributed by atoms with E-state index in [2.05, 4.69) is 0 Å². The van der Waals surface area contributed by atoms with Gasteiger partial charge in [0.1, 0.15) is 11.9 Å². The van der Waals surface area contributed by atoms with Crippen molar-refractivity contribution in [3.05, 3.63) is 29.8 Å². The summed E-state index contributed by atoms with van der Waals surface area (Å²) in [6.45, 7) is 3.28. The van der Waals surface area contributed by atoms with Gasteiger partial charge in [0, 0.05) is 12.5 Å². The lowest BCUT2D eigenvalue weighted by Gasteiger charge is -2.47. The third-order valence-electron chi connectivity index (χ3n) is 5.42. The van der Waals surface area contributed by atoms with E-state index >= 15 is 0 Å². The van der Waals surface area contributed by atoms with Gasteiger partial charge in [-0.05, 0) is 6.07 Å². The first-order valence-corrected chi connectivity index (χ1v) is 7.69. The fourth-order valence-corrected chi connectivity index (χ4v) is 3.87. The monoisotopic (exact) mass is 336 g/mol. The summed E-state index contributed by atoms with van der Waals surface area (Å²) in [6, 6.07) is 12.9. The molecule has 2 fully saturated rings. The second kappa shape index (κ2) is 5.21. The molecule has 0 aromatic heterocycles. The van der Waals surface area contributed by atoms with Crippen LogP contribution in [0.3, 0.4) is 0 Å². The number of rotatable bonds is 2. The zero-order valence-corrected chi connectivity index (χ0v) is 14.0. The van der Waals surface area contributed by atoms with Gasteiger partial charge in [0.25, 0.3) is 0 Å². The van der Waals surface area contributed by atoms with Crippen molar-refractivity contribution in [2.24, 2.45) is 16.7 Å². The van der Waals surface area contributed by atoms with Crippen molar-refractivity contribution in [1.82, 2.24) is 0 Å². The first kappa shape index (κ1) is 16.8. The van der Waals surface area contributed by atoms with Crippen LogP contribution in [0.5, 0.6) is 5.75 Å². The molecule has 4 atom stereocenters. The third-order valence-corrected chi connectivity index (χ3v) is 5.42. The molecular formula is C18H16N4O3. The lowest BCUT2D eigenvalue weighted by atomic mass is 9.54. The quantitative estimate of drug-likeness (QED) is 0.885. The van der Waals surface area contributed by atoms with E-state index in [0.29, 0.717) is 11.3 Å². The minimum absolute atomic E-state index is 0.412. The van der Waals surface area contributed by atoms with Gasteiger partial charge in [0.05, 0.1) is 31.2 Å². The van der Waals surface area contributed by atoms with Crippen LogP contribution in [0.1, 0.15) is 25.5 Å². The summed E-state index contributed by atoms with van der Waals surface area (Å²) in [5.74, 6) is -1.96. The number of benzene rings is 1. The van der Waals surface area contributed by atoms with Crippen LogP contribution in [0.25, 0.3) is 0 Å². The van der Waals surface area contributed by atoms with E-state index in [1.54, 1.807) is 38.1 Å². The molecule has 126 valence electrons. The van der Waals surface area contributed by atoms with Crippen molar-refractivity contribution in [1.29, 1.82) is 21.2 Å². The zero-order chi connectivity index (χ0) is 18.5. The van der Waals surface area contributed by atoms with E-state index in [0.717, 1.165) is 0 Å². The lowest BCUT2D eigenvalue weighted by Crippen LogP contribution is -2.57. The highest BCUT2D eigenvalue weighted by molar-refractivity contribution is 5.89. The maximum Gasteiger partial charge on any atom is 0.214 e. The van der Waals surface area contributed by atoms with E-state index in [1.165, 1.54) is 7.11 Å². The molecule has 0 amide bonds. The Hall–Kier alpha value is -3.08. The number of nitrogens with zero attached hydrogens (tertiary/aromatic N) is 3. The molecule has 2 saturated heterocycles. The normalized spacial score (nSPS) is 35.0. The largest absolute Gasteiger partial charge is 0.496 e. The average molecular weight is 336 g/mol. The Morgan fingerprint density at radius 2 is 1.80 bits per heavy atom. The highest BCUT2D eigenvalue weighted by atomic mass is 16.7. The van der Waals surface area contributed by atoms with Gasteiger partial charge in [-0.1, -0.05) is 25.1 Å². The average Bonchev–Trinajstić information content (AvgIpc) is 2.77. The van der Waals surface area contributed by atoms with Crippen LogP contribution >= 0.6 is 0 Å². The number of fused-ring (bicyclic) bond motifs is 2. The summed E-state index contributed by atoms with van der Waals surface area (Å²) in [4.78, 5) is 0. The zero-order valence-electron chi connectivity index (χ0n) is 14.0. The predicted octanol–water partition coefficient (Wildman–Crippen LogP) is 2.67. The second-order valence-corrected chi connectivity index (χ2v) is 6.36. The maximum absolute atomic E-state index is 9.98. The van der Waals surface area contributed by atoms with E-state index in [-0.39, 0.29) is 0 Å². The third kappa shape index (κ3) is 1.72. The minimum Gasteiger partial charge on any atom is -0.496 e. The predicted molar refractivity (Wildman–Crippen MR) is 84.9 cm³/mol. The molecule has 2 aliphatic rings. The van der Waals surface area contributed by atoms with Crippen molar-refractivity contribution in [2.45, 2.75) is 25.7 Å². The molecule has 25 heavy (non-hydrogen) atoms. The molecule has 0 saturated carbocycles. The minimum atomic E-state index is -1.96. The molecule has 1 N–H and O–H groups in total. The molecule has 2 aliphatic heterocycles. The highest BCUT2D eigenvalue weighted by Gasteiger charge is 2.78. The number of methoxy groups -OCH3 is 1. The summed E-state index contributed by atoms with van der Waals surface area (Å²) < 4.78 is 17.0. The van der Waals surface area contributed by atoms with Crippen LogP contribution < -0.4 is 4.74 Å². The van der Waals surface area contributed by atoms with Crippen molar-refractivity contribution >= 4 is 5.90 Å². The van der Waals surface area contributed by atoms with Crippen molar-refractivity contribution in [3.8, 4) is 24.0 Å². The number of para-hydroxylation sites is 1. The van der Waals surface area contributed by atoms with Crippen molar-refractivity contribution < 1.29 is 14.2 Å². The molecule has 3 rings (SSSR count). The van der Waals surface area contributed by atoms with Gasteiger partial charge < -0.3 is 14.2 Å². The standard InChI is InChI=1S/C18H16N4O3/c1-11-16(2)24-14(12-6-4-5-7-13(12)23-3)17(8-19,9-20)18(11,10-21)15(22)25-16/h4-7,11,14,22H,1-3H3. The van der Waals surface area contributed by atoms with Crippen LogP contribution in [0.2, 0.25) is 0 Å². The SMILES string of the molecule is COc1ccccc1C1OC2(C)OC(=N)C(C#N)(C2C)C1(C#N)C#N. The summed E-state index contributed by atoms with van der Waals surface area (Å²) >= 11 is 0. The first-order chi connectivity index (χ1) is 11.9. The Labute approximate surface area is 145 Å². The second-order valence-electron chi connectivity index (χ2n) is 6.36. The molecule has 0 radical (unpaired) electrons. The fraction of sp³-hybridized carbons (Fsp3) is 0.444. The lowest BCUT2D eigenvalue weighted by molar-refractivity contribution is -0.269. The van der Waals surface area contributed by atoms with Gasteiger partial charge in [0.2, 0.25) is 17.1 Å². The number of ether oxygens (including phenoxy) is 3.